The number of hydrogen-bond acceptors (Lipinski definition) is 2. The summed E-state index contributed by atoms with van der Waals surface area (Å²) in [4.78, 5) is 2.46. The molecule has 0 spiro atoms. The van der Waals surface area contributed by atoms with Crippen molar-refractivity contribution in [2.75, 3.05) is 4.90 Å². The molecule has 0 amide bonds. The molecule has 0 fully saturated rings. The van der Waals surface area contributed by atoms with Gasteiger partial charge in [0.2, 0.25) is 0 Å². The maximum absolute atomic E-state index is 6.30. The second kappa shape index (κ2) is 13.9. The average Bonchev–Trinajstić information content (AvgIpc) is 3.79. The third-order valence-electron chi connectivity index (χ3n) is 12.3. The van der Waals surface area contributed by atoms with Crippen LogP contribution in [0.3, 0.4) is 0 Å². The standard InChI is InChI=1S/C57H41NO/c1-57(2)50-24-12-9-22-48(50)56-47(23-15-25-51(56)57)44-20-10-13-26-52(44)58(53-35-31-41(38-16-5-3-6-17-38)36-49(53)40-18-7-4-8-19-40)43-32-28-39(29-33-43)42-30-34-46-45-21-11-14-27-54(45)59-55(46)37-42/h3-37H,1-2H3. The van der Waals surface area contributed by atoms with Crippen molar-refractivity contribution in [3.05, 3.63) is 223 Å². The molecule has 0 bridgehead atoms. The molecule has 9 aromatic carbocycles. The van der Waals surface area contributed by atoms with Crippen LogP contribution in [-0.4, -0.2) is 0 Å². The van der Waals surface area contributed by atoms with E-state index in [-0.39, 0.29) is 5.41 Å². The smallest absolute Gasteiger partial charge is 0.136 e. The van der Waals surface area contributed by atoms with Crippen LogP contribution in [-0.2, 0) is 5.41 Å². The van der Waals surface area contributed by atoms with E-state index in [2.05, 4.69) is 219 Å². The molecule has 1 aliphatic rings. The monoisotopic (exact) mass is 755 g/mol. The summed E-state index contributed by atoms with van der Waals surface area (Å²) in [5.41, 5.74) is 19.7. The van der Waals surface area contributed by atoms with Crippen LogP contribution in [0.25, 0.3) is 77.6 Å². The number of benzene rings is 9. The van der Waals surface area contributed by atoms with Gasteiger partial charge in [0.25, 0.3) is 0 Å². The molecule has 2 heteroatoms. The third kappa shape index (κ3) is 5.79. The number of nitrogens with zero attached hydrogens (tertiary/aromatic N) is 1. The zero-order valence-corrected chi connectivity index (χ0v) is 33.1. The topological polar surface area (TPSA) is 16.4 Å². The molecule has 280 valence electrons. The van der Waals surface area contributed by atoms with Gasteiger partial charge in [-0.2, -0.15) is 0 Å². The Kier molecular flexibility index (Phi) is 8.20. The Hall–Kier alpha value is -7.42. The van der Waals surface area contributed by atoms with Crippen LogP contribution in [0, 0.1) is 0 Å². The van der Waals surface area contributed by atoms with Crippen LogP contribution >= 0.6 is 0 Å². The van der Waals surface area contributed by atoms with E-state index in [0.717, 1.165) is 61.3 Å². The van der Waals surface area contributed by atoms with Gasteiger partial charge in [-0.05, 0) is 104 Å². The maximum atomic E-state index is 6.30. The first-order valence-electron chi connectivity index (χ1n) is 20.4. The Bertz CT molecular complexity index is 3170. The van der Waals surface area contributed by atoms with Crippen molar-refractivity contribution >= 4 is 39.0 Å². The first-order chi connectivity index (χ1) is 29.0. The van der Waals surface area contributed by atoms with Crippen LogP contribution in [0.1, 0.15) is 25.0 Å². The number of anilines is 3. The van der Waals surface area contributed by atoms with Crippen molar-refractivity contribution in [2.45, 2.75) is 19.3 Å². The Labute approximate surface area is 345 Å². The molecule has 0 N–H and O–H groups in total. The van der Waals surface area contributed by atoms with Gasteiger partial charge in [0.05, 0.1) is 11.4 Å². The third-order valence-corrected chi connectivity index (χ3v) is 12.3. The fraction of sp³-hybridized carbons (Fsp3) is 0.0526. The van der Waals surface area contributed by atoms with E-state index in [4.69, 9.17) is 4.42 Å². The lowest BCUT2D eigenvalue weighted by molar-refractivity contribution is 0.660. The second-order valence-corrected chi connectivity index (χ2v) is 16.1. The quantitative estimate of drug-likeness (QED) is 0.161. The van der Waals surface area contributed by atoms with Crippen molar-refractivity contribution in [3.8, 4) is 55.6 Å². The van der Waals surface area contributed by atoms with Gasteiger partial charge in [0, 0.05) is 33.0 Å². The van der Waals surface area contributed by atoms with E-state index >= 15 is 0 Å². The summed E-state index contributed by atoms with van der Waals surface area (Å²) in [6.45, 7) is 4.71. The predicted molar refractivity (Wildman–Crippen MR) is 248 cm³/mol. The van der Waals surface area contributed by atoms with E-state index in [9.17, 15) is 0 Å². The Morgan fingerprint density at radius 2 is 0.915 bits per heavy atom. The van der Waals surface area contributed by atoms with Crippen LogP contribution in [0.15, 0.2) is 217 Å². The summed E-state index contributed by atoms with van der Waals surface area (Å²) in [6.07, 6.45) is 0. The number of fused-ring (bicyclic) bond motifs is 6. The number of rotatable bonds is 7. The lowest BCUT2D eigenvalue weighted by atomic mass is 9.82. The number of furan rings is 1. The highest BCUT2D eigenvalue weighted by Crippen LogP contribution is 2.54. The predicted octanol–water partition coefficient (Wildman–Crippen LogP) is 16.0. The zero-order chi connectivity index (χ0) is 39.5. The normalized spacial score (nSPS) is 12.7. The van der Waals surface area contributed by atoms with E-state index in [1.807, 2.05) is 12.1 Å². The summed E-state index contributed by atoms with van der Waals surface area (Å²) in [5, 5.41) is 2.27. The molecule has 11 rings (SSSR count). The van der Waals surface area contributed by atoms with Gasteiger partial charge in [-0.25, -0.2) is 0 Å². The number of para-hydroxylation sites is 2. The minimum Gasteiger partial charge on any atom is -0.456 e. The summed E-state index contributed by atoms with van der Waals surface area (Å²) < 4.78 is 6.30. The summed E-state index contributed by atoms with van der Waals surface area (Å²) in [5.74, 6) is 0. The molecular weight excluding hydrogens is 715 g/mol. The van der Waals surface area contributed by atoms with Crippen molar-refractivity contribution in [2.24, 2.45) is 0 Å². The van der Waals surface area contributed by atoms with Gasteiger partial charge in [-0.15, -0.1) is 0 Å². The molecule has 0 aliphatic heterocycles. The highest BCUT2D eigenvalue weighted by Gasteiger charge is 2.37. The summed E-state index contributed by atoms with van der Waals surface area (Å²) >= 11 is 0. The van der Waals surface area contributed by atoms with Gasteiger partial charge < -0.3 is 9.32 Å². The minimum atomic E-state index is -0.106. The average molecular weight is 756 g/mol. The first-order valence-corrected chi connectivity index (χ1v) is 20.4. The van der Waals surface area contributed by atoms with Crippen LogP contribution in [0.2, 0.25) is 0 Å². The molecule has 2 nitrogen and oxygen atoms in total. The summed E-state index contributed by atoms with van der Waals surface area (Å²) in [7, 11) is 0. The molecule has 0 atom stereocenters. The van der Waals surface area contributed by atoms with Crippen LogP contribution in [0.5, 0.6) is 0 Å². The molecule has 59 heavy (non-hydrogen) atoms. The van der Waals surface area contributed by atoms with Gasteiger partial charge in [0.1, 0.15) is 11.2 Å². The van der Waals surface area contributed by atoms with E-state index in [0.29, 0.717) is 0 Å². The van der Waals surface area contributed by atoms with Gasteiger partial charge >= 0.3 is 0 Å². The van der Waals surface area contributed by atoms with E-state index in [1.165, 1.54) is 44.5 Å². The molecule has 1 aromatic heterocycles. The van der Waals surface area contributed by atoms with Crippen molar-refractivity contribution < 1.29 is 4.42 Å². The molecule has 1 aliphatic carbocycles. The van der Waals surface area contributed by atoms with E-state index in [1.54, 1.807) is 0 Å². The fourth-order valence-electron chi connectivity index (χ4n) is 9.38. The Balaban J connectivity index is 1.12. The van der Waals surface area contributed by atoms with Crippen molar-refractivity contribution in [3.63, 3.8) is 0 Å². The maximum Gasteiger partial charge on any atom is 0.136 e. The zero-order valence-electron chi connectivity index (χ0n) is 33.1. The summed E-state index contributed by atoms with van der Waals surface area (Å²) in [6, 6.07) is 77.0. The van der Waals surface area contributed by atoms with Crippen LogP contribution in [0.4, 0.5) is 17.1 Å². The molecule has 0 radical (unpaired) electrons. The highest BCUT2D eigenvalue weighted by molar-refractivity contribution is 6.06. The van der Waals surface area contributed by atoms with Gasteiger partial charge in [-0.3, -0.25) is 0 Å². The molecule has 0 saturated heterocycles. The van der Waals surface area contributed by atoms with Gasteiger partial charge in [-0.1, -0.05) is 178 Å². The number of hydrogen-bond donors (Lipinski definition) is 0. The fourth-order valence-corrected chi connectivity index (χ4v) is 9.38. The largest absolute Gasteiger partial charge is 0.456 e. The van der Waals surface area contributed by atoms with Crippen molar-refractivity contribution in [1.82, 2.24) is 0 Å². The molecule has 1 heterocycles. The van der Waals surface area contributed by atoms with Crippen molar-refractivity contribution in [1.29, 1.82) is 0 Å². The molecule has 0 unspecified atom stereocenters. The minimum absolute atomic E-state index is 0.106. The first kappa shape index (κ1) is 34.8. The van der Waals surface area contributed by atoms with Gasteiger partial charge in [0.15, 0.2) is 0 Å². The lowest BCUT2D eigenvalue weighted by Gasteiger charge is -2.31. The highest BCUT2D eigenvalue weighted by atomic mass is 16.3. The lowest BCUT2D eigenvalue weighted by Crippen LogP contribution is -2.15. The molecular formula is C57H41NO. The second-order valence-electron chi connectivity index (χ2n) is 16.1. The van der Waals surface area contributed by atoms with E-state index < -0.39 is 0 Å². The Morgan fingerprint density at radius 3 is 1.73 bits per heavy atom. The SMILES string of the molecule is CC1(C)c2ccccc2-c2c(-c3ccccc3N(c3ccc(-c4ccc5c(c4)oc4ccccc45)cc3)c3ccc(-c4ccccc4)cc3-c3ccccc3)cccc21. The van der Waals surface area contributed by atoms with Crippen LogP contribution < -0.4 is 4.90 Å². The Morgan fingerprint density at radius 1 is 0.356 bits per heavy atom. The molecule has 10 aromatic rings. The molecule has 0 saturated carbocycles.